The third-order valence-electron chi connectivity index (χ3n) is 4.54. The van der Waals surface area contributed by atoms with Crippen molar-refractivity contribution < 1.29 is 9.47 Å². The number of rotatable bonds is 2. The lowest BCUT2D eigenvalue weighted by Gasteiger charge is -2.38. The van der Waals surface area contributed by atoms with E-state index in [4.69, 9.17) is 32.7 Å². The lowest BCUT2D eigenvalue weighted by Crippen LogP contribution is -2.25. The first-order valence-corrected chi connectivity index (χ1v) is 8.15. The van der Waals surface area contributed by atoms with Crippen molar-refractivity contribution in [3.05, 3.63) is 22.7 Å². The molecule has 1 saturated carbocycles. The number of ether oxygens (including phenoxy) is 2. The SMILES string of the molecule is CC1(C(Cl)c2cc3c(cc2Cl)OCCO3)CCCCC1. The highest BCUT2D eigenvalue weighted by Gasteiger charge is 2.36. The first-order valence-electron chi connectivity index (χ1n) is 7.33. The van der Waals surface area contributed by atoms with Crippen molar-refractivity contribution in [3.8, 4) is 11.5 Å². The molecule has 0 saturated heterocycles. The number of hydrogen-bond donors (Lipinski definition) is 0. The lowest BCUT2D eigenvalue weighted by atomic mass is 9.71. The quantitative estimate of drug-likeness (QED) is 0.684. The van der Waals surface area contributed by atoms with Gasteiger partial charge in [0.15, 0.2) is 11.5 Å². The van der Waals surface area contributed by atoms with Crippen molar-refractivity contribution in [1.82, 2.24) is 0 Å². The van der Waals surface area contributed by atoms with Crippen molar-refractivity contribution >= 4 is 23.2 Å². The molecule has 0 amide bonds. The van der Waals surface area contributed by atoms with E-state index < -0.39 is 0 Å². The minimum atomic E-state index is -0.0777. The molecule has 1 aliphatic heterocycles. The van der Waals surface area contributed by atoms with Crippen LogP contribution in [0.5, 0.6) is 11.5 Å². The van der Waals surface area contributed by atoms with Gasteiger partial charge < -0.3 is 9.47 Å². The van der Waals surface area contributed by atoms with Crippen LogP contribution in [0.2, 0.25) is 5.02 Å². The second-order valence-electron chi connectivity index (χ2n) is 6.09. The fraction of sp³-hybridized carbons (Fsp3) is 0.625. The summed E-state index contributed by atoms with van der Waals surface area (Å²) < 4.78 is 11.2. The highest BCUT2D eigenvalue weighted by atomic mass is 35.5. The van der Waals surface area contributed by atoms with E-state index in [9.17, 15) is 0 Å². The average Bonchev–Trinajstić information content (AvgIpc) is 2.46. The van der Waals surface area contributed by atoms with Crippen LogP contribution >= 0.6 is 23.2 Å². The Hall–Kier alpha value is -0.600. The van der Waals surface area contributed by atoms with Crippen molar-refractivity contribution in [3.63, 3.8) is 0 Å². The number of benzene rings is 1. The smallest absolute Gasteiger partial charge is 0.162 e. The summed E-state index contributed by atoms with van der Waals surface area (Å²) >= 11 is 13.2. The molecule has 1 heterocycles. The van der Waals surface area contributed by atoms with Crippen molar-refractivity contribution in [1.29, 1.82) is 0 Å². The van der Waals surface area contributed by atoms with E-state index in [1.54, 1.807) is 0 Å². The Kier molecular flexibility index (Phi) is 4.05. The molecule has 1 unspecified atom stereocenters. The molecule has 1 atom stereocenters. The predicted octanol–water partition coefficient (Wildman–Crippen LogP) is 5.36. The molecule has 2 aliphatic rings. The lowest BCUT2D eigenvalue weighted by molar-refractivity contribution is 0.170. The first kappa shape index (κ1) is 14.3. The Morgan fingerprint density at radius 3 is 2.30 bits per heavy atom. The molecule has 1 aromatic rings. The fourth-order valence-corrected chi connectivity index (χ4v) is 3.98. The van der Waals surface area contributed by atoms with Crippen LogP contribution in [0.25, 0.3) is 0 Å². The number of fused-ring (bicyclic) bond motifs is 1. The van der Waals surface area contributed by atoms with Crippen molar-refractivity contribution in [2.45, 2.75) is 44.4 Å². The summed E-state index contributed by atoms with van der Waals surface area (Å²) in [5, 5.41) is 0.604. The van der Waals surface area contributed by atoms with E-state index in [2.05, 4.69) is 6.92 Å². The molecule has 1 aromatic carbocycles. The molecule has 0 bridgehead atoms. The van der Waals surface area contributed by atoms with Gasteiger partial charge in [-0.05, 0) is 29.9 Å². The molecule has 0 N–H and O–H groups in total. The number of hydrogen-bond acceptors (Lipinski definition) is 2. The van der Waals surface area contributed by atoms with E-state index in [1.807, 2.05) is 12.1 Å². The first-order chi connectivity index (χ1) is 9.60. The average molecular weight is 315 g/mol. The highest BCUT2D eigenvalue weighted by Crippen LogP contribution is 2.52. The Morgan fingerprint density at radius 2 is 1.65 bits per heavy atom. The van der Waals surface area contributed by atoms with Gasteiger partial charge in [-0.3, -0.25) is 0 Å². The summed E-state index contributed by atoms with van der Waals surface area (Å²) in [5.74, 6) is 1.49. The summed E-state index contributed by atoms with van der Waals surface area (Å²) in [6.45, 7) is 3.43. The van der Waals surface area contributed by atoms with Gasteiger partial charge in [0.25, 0.3) is 0 Å². The topological polar surface area (TPSA) is 18.5 Å². The molecule has 0 aromatic heterocycles. The summed E-state index contributed by atoms with van der Waals surface area (Å²) in [7, 11) is 0. The van der Waals surface area contributed by atoms with Crippen LogP contribution < -0.4 is 9.47 Å². The van der Waals surface area contributed by atoms with Gasteiger partial charge in [0.1, 0.15) is 13.2 Å². The van der Waals surface area contributed by atoms with Crippen LogP contribution in [0.3, 0.4) is 0 Å². The van der Waals surface area contributed by atoms with Crippen LogP contribution in [0.4, 0.5) is 0 Å². The van der Waals surface area contributed by atoms with Gasteiger partial charge in [-0.2, -0.15) is 0 Å². The second-order valence-corrected chi connectivity index (χ2v) is 6.94. The maximum Gasteiger partial charge on any atom is 0.162 e. The van der Waals surface area contributed by atoms with E-state index >= 15 is 0 Å². The largest absolute Gasteiger partial charge is 0.486 e. The minimum Gasteiger partial charge on any atom is -0.486 e. The number of halogens is 2. The van der Waals surface area contributed by atoms with Crippen LogP contribution in [0.1, 0.15) is 50.0 Å². The van der Waals surface area contributed by atoms with Crippen molar-refractivity contribution in [2.24, 2.45) is 5.41 Å². The second kappa shape index (κ2) is 5.65. The fourth-order valence-electron chi connectivity index (χ4n) is 3.26. The summed E-state index contributed by atoms with van der Waals surface area (Å²) in [6.07, 6.45) is 6.13. The summed E-state index contributed by atoms with van der Waals surface area (Å²) in [4.78, 5) is 0. The van der Waals surface area contributed by atoms with E-state index in [0.29, 0.717) is 18.2 Å². The predicted molar refractivity (Wildman–Crippen MR) is 82.2 cm³/mol. The Bertz CT molecular complexity index is 495. The van der Waals surface area contributed by atoms with Crippen LogP contribution in [-0.2, 0) is 0 Å². The molecular formula is C16H20Cl2O2. The molecule has 2 nitrogen and oxygen atoms in total. The monoisotopic (exact) mass is 314 g/mol. The zero-order valence-corrected chi connectivity index (χ0v) is 13.3. The van der Waals surface area contributed by atoms with Gasteiger partial charge in [-0.1, -0.05) is 37.8 Å². The standard InChI is InChI=1S/C16H20Cl2O2/c1-16(5-3-2-4-6-16)15(18)11-9-13-14(10-12(11)17)20-8-7-19-13/h9-10,15H,2-8H2,1H3. The van der Waals surface area contributed by atoms with Gasteiger partial charge in [0, 0.05) is 11.1 Å². The van der Waals surface area contributed by atoms with Gasteiger partial charge in [-0.25, -0.2) is 0 Å². The molecule has 20 heavy (non-hydrogen) atoms. The van der Waals surface area contributed by atoms with E-state index in [-0.39, 0.29) is 10.8 Å². The molecule has 1 aliphatic carbocycles. The van der Waals surface area contributed by atoms with E-state index in [0.717, 1.165) is 29.9 Å². The van der Waals surface area contributed by atoms with Gasteiger partial charge >= 0.3 is 0 Å². The van der Waals surface area contributed by atoms with Crippen LogP contribution in [-0.4, -0.2) is 13.2 Å². The molecular weight excluding hydrogens is 295 g/mol. The minimum absolute atomic E-state index is 0.0777. The van der Waals surface area contributed by atoms with Gasteiger partial charge in [0.05, 0.1) is 5.38 Å². The van der Waals surface area contributed by atoms with Gasteiger partial charge in [-0.15, -0.1) is 11.6 Å². The maximum atomic E-state index is 6.79. The Morgan fingerprint density at radius 1 is 1.05 bits per heavy atom. The summed E-state index contributed by atoms with van der Waals surface area (Å²) in [5.41, 5.74) is 1.09. The van der Waals surface area contributed by atoms with E-state index in [1.165, 1.54) is 19.3 Å². The zero-order valence-electron chi connectivity index (χ0n) is 11.8. The molecule has 0 radical (unpaired) electrons. The highest BCUT2D eigenvalue weighted by molar-refractivity contribution is 6.33. The molecule has 110 valence electrons. The Labute approximate surface area is 130 Å². The molecule has 1 fully saturated rings. The maximum absolute atomic E-state index is 6.79. The number of alkyl halides is 1. The Balaban J connectivity index is 1.92. The van der Waals surface area contributed by atoms with Crippen LogP contribution in [0, 0.1) is 5.41 Å². The van der Waals surface area contributed by atoms with Gasteiger partial charge in [0.2, 0.25) is 0 Å². The molecule has 0 spiro atoms. The third-order valence-corrected chi connectivity index (χ3v) is 5.63. The molecule has 3 rings (SSSR count). The zero-order chi connectivity index (χ0) is 14.2. The summed E-state index contributed by atoms with van der Waals surface area (Å²) in [6, 6.07) is 3.81. The van der Waals surface area contributed by atoms with Crippen molar-refractivity contribution in [2.75, 3.05) is 13.2 Å². The van der Waals surface area contributed by atoms with Crippen LogP contribution in [0.15, 0.2) is 12.1 Å². The molecule has 4 heteroatoms. The normalized spacial score (nSPS) is 22.4. The third kappa shape index (κ3) is 2.60.